The van der Waals surface area contributed by atoms with E-state index in [4.69, 9.17) is 0 Å². The molecule has 0 aromatic carbocycles. The van der Waals surface area contributed by atoms with Crippen LogP contribution in [0.1, 0.15) is 71.1 Å². The van der Waals surface area contributed by atoms with Gasteiger partial charge in [-0.3, -0.25) is 0 Å². The van der Waals surface area contributed by atoms with Crippen LogP contribution in [-0.2, 0) is 0 Å². The molecule has 4 rings (SSSR count). The number of rotatable bonds is 4. The van der Waals surface area contributed by atoms with Gasteiger partial charge < -0.3 is 15.3 Å². The van der Waals surface area contributed by atoms with Crippen molar-refractivity contribution >= 4 is 0 Å². The Labute approximate surface area is 195 Å². The van der Waals surface area contributed by atoms with Crippen LogP contribution < -0.4 is 0 Å². The number of aliphatic hydroxyl groups is 3. The first-order chi connectivity index (χ1) is 15.6. The highest BCUT2D eigenvalue weighted by molar-refractivity contribution is 5.40. The highest BCUT2D eigenvalue weighted by atomic mass is 19.4. The topological polar surface area (TPSA) is 60.7 Å². The average Bonchev–Trinajstić information content (AvgIpc) is 3.35. The average molecular weight is 495 g/mol. The first-order valence-corrected chi connectivity index (χ1v) is 11.9. The maximum atomic E-state index is 13.4. The molecule has 0 aromatic rings. The van der Waals surface area contributed by atoms with E-state index < -0.39 is 47.4 Å². The Balaban J connectivity index is 1.58. The zero-order chi connectivity index (χ0) is 25.2. The van der Waals surface area contributed by atoms with E-state index in [9.17, 15) is 41.7 Å². The van der Waals surface area contributed by atoms with Crippen LogP contribution in [0, 0.1) is 16.7 Å². The summed E-state index contributed by atoms with van der Waals surface area (Å²) in [5.41, 5.74) is -3.91. The summed E-state index contributed by atoms with van der Waals surface area (Å²) >= 11 is 0. The predicted molar refractivity (Wildman–Crippen MR) is 114 cm³/mol. The molecule has 0 radical (unpaired) electrons. The van der Waals surface area contributed by atoms with Gasteiger partial charge in [0.2, 0.25) is 0 Å². The van der Waals surface area contributed by atoms with Crippen molar-refractivity contribution in [3.63, 3.8) is 0 Å². The predicted octanol–water partition coefficient (Wildman–Crippen LogP) is 5.91. The molecule has 3 saturated carbocycles. The second-order valence-electron chi connectivity index (χ2n) is 11.0. The van der Waals surface area contributed by atoms with Crippen molar-refractivity contribution in [1.82, 2.24) is 0 Å². The molecule has 3 nitrogen and oxygen atoms in total. The molecular formula is C25H32F6O3. The minimum absolute atomic E-state index is 0.0196. The Bertz CT molecular complexity index is 869. The molecule has 4 aliphatic rings. The maximum absolute atomic E-state index is 13.4. The Morgan fingerprint density at radius 2 is 1.56 bits per heavy atom. The third kappa shape index (κ3) is 4.37. The van der Waals surface area contributed by atoms with E-state index >= 15 is 0 Å². The molecule has 3 N–H and O–H groups in total. The third-order valence-electron chi connectivity index (χ3n) is 8.58. The van der Waals surface area contributed by atoms with E-state index in [2.05, 4.69) is 0 Å². The van der Waals surface area contributed by atoms with Crippen LogP contribution in [0.5, 0.6) is 0 Å². The first-order valence-electron chi connectivity index (χ1n) is 11.9. The van der Waals surface area contributed by atoms with Gasteiger partial charge in [-0.05, 0) is 74.5 Å². The van der Waals surface area contributed by atoms with Crippen LogP contribution in [0.3, 0.4) is 0 Å². The summed E-state index contributed by atoms with van der Waals surface area (Å²) in [5, 5.41) is 29.7. The monoisotopic (exact) mass is 494 g/mol. The second-order valence-corrected chi connectivity index (χ2v) is 11.0. The summed E-state index contributed by atoms with van der Waals surface area (Å²) in [7, 11) is 0. The Morgan fingerprint density at radius 1 is 0.971 bits per heavy atom. The molecule has 0 bridgehead atoms. The van der Waals surface area contributed by atoms with Gasteiger partial charge >= 0.3 is 12.4 Å². The molecule has 0 spiro atoms. The van der Waals surface area contributed by atoms with Crippen molar-refractivity contribution in [3.8, 4) is 0 Å². The molecule has 34 heavy (non-hydrogen) atoms. The molecule has 3 fully saturated rings. The number of aliphatic hydroxyl groups excluding tert-OH is 2. The van der Waals surface area contributed by atoms with Crippen LogP contribution in [0.15, 0.2) is 34.9 Å². The van der Waals surface area contributed by atoms with Crippen molar-refractivity contribution in [1.29, 1.82) is 0 Å². The first kappa shape index (κ1) is 25.8. The van der Waals surface area contributed by atoms with Crippen molar-refractivity contribution in [3.05, 3.63) is 34.9 Å². The molecule has 192 valence electrons. The highest BCUT2D eigenvalue weighted by Crippen LogP contribution is 2.69. The van der Waals surface area contributed by atoms with Gasteiger partial charge in [0.15, 0.2) is 0 Å². The summed E-state index contributed by atoms with van der Waals surface area (Å²) < 4.78 is 80.6. The van der Waals surface area contributed by atoms with Gasteiger partial charge in [0.05, 0.1) is 12.2 Å². The van der Waals surface area contributed by atoms with Crippen LogP contribution in [0.2, 0.25) is 0 Å². The highest BCUT2D eigenvalue weighted by Gasteiger charge is 2.74. The van der Waals surface area contributed by atoms with Crippen molar-refractivity contribution in [2.24, 2.45) is 16.7 Å². The zero-order valence-corrected chi connectivity index (χ0v) is 19.1. The molecule has 4 atom stereocenters. The second kappa shape index (κ2) is 8.37. The van der Waals surface area contributed by atoms with E-state index in [0.29, 0.717) is 37.7 Å². The van der Waals surface area contributed by atoms with Crippen LogP contribution in [0.25, 0.3) is 0 Å². The van der Waals surface area contributed by atoms with E-state index in [-0.39, 0.29) is 18.8 Å². The van der Waals surface area contributed by atoms with E-state index in [1.807, 2.05) is 25.2 Å². The lowest BCUT2D eigenvalue weighted by Crippen LogP contribution is -2.58. The third-order valence-corrected chi connectivity index (χ3v) is 8.58. The normalized spacial score (nSPS) is 36.5. The molecule has 0 saturated heterocycles. The molecule has 9 heteroatoms. The van der Waals surface area contributed by atoms with Gasteiger partial charge in [-0.2, -0.15) is 26.3 Å². The van der Waals surface area contributed by atoms with Gasteiger partial charge in [-0.25, -0.2) is 0 Å². The molecule has 0 amide bonds. The maximum Gasteiger partial charge on any atom is 0.426 e. The van der Waals surface area contributed by atoms with Crippen LogP contribution in [0.4, 0.5) is 26.3 Å². The van der Waals surface area contributed by atoms with Crippen molar-refractivity contribution in [2.45, 2.75) is 101 Å². The van der Waals surface area contributed by atoms with Gasteiger partial charge in [-0.1, -0.05) is 41.9 Å². The number of hydrogen-bond donors (Lipinski definition) is 3. The smallest absolute Gasteiger partial charge is 0.393 e. The SMILES string of the molecule is C[C@]12CCC/C(=C\C=C3CC(O)C[C@H](O)C3)C1CC=C2C1(CC(O)(C(F)(F)F)C(F)(F)F)CC1. The Morgan fingerprint density at radius 3 is 2.09 bits per heavy atom. The Hall–Kier alpha value is -1.32. The summed E-state index contributed by atoms with van der Waals surface area (Å²) in [4.78, 5) is 0. The van der Waals surface area contributed by atoms with Gasteiger partial charge in [0, 0.05) is 6.42 Å². The lowest BCUT2D eigenvalue weighted by molar-refractivity contribution is -0.373. The summed E-state index contributed by atoms with van der Waals surface area (Å²) in [5.74, 6) is -0.0196. The minimum atomic E-state index is -5.81. The molecule has 4 aliphatic carbocycles. The van der Waals surface area contributed by atoms with Crippen molar-refractivity contribution < 1.29 is 41.7 Å². The van der Waals surface area contributed by atoms with E-state index in [1.54, 1.807) is 0 Å². The summed E-state index contributed by atoms with van der Waals surface area (Å²) in [6.07, 6.45) is -4.02. The fourth-order valence-electron chi connectivity index (χ4n) is 6.72. The quantitative estimate of drug-likeness (QED) is 0.337. The van der Waals surface area contributed by atoms with Crippen molar-refractivity contribution in [2.75, 3.05) is 0 Å². The number of halogens is 6. The fourth-order valence-corrected chi connectivity index (χ4v) is 6.72. The van der Waals surface area contributed by atoms with Crippen LogP contribution in [-0.4, -0.2) is 45.5 Å². The standard InChI is InChI=1S/C25H32F6O3/c1-21-8-2-3-16(5-4-15-11-17(32)13-18(33)12-15)19(21)6-7-20(21)22(9-10-22)14-23(34,24(26,27)28)25(29,30)31/h4-5,7,17-19,32-34H,2-3,6,8-14H2,1H3/b15-4?,16-5+/t17-,18?,19?,21+/m1/s1. The summed E-state index contributed by atoms with van der Waals surface area (Å²) in [6, 6.07) is 0. The van der Waals surface area contributed by atoms with Gasteiger partial charge in [-0.15, -0.1) is 0 Å². The van der Waals surface area contributed by atoms with E-state index in [1.165, 1.54) is 0 Å². The summed E-state index contributed by atoms with van der Waals surface area (Å²) in [6.45, 7) is 1.94. The van der Waals surface area contributed by atoms with E-state index in [0.717, 1.165) is 24.0 Å². The molecule has 0 aromatic heterocycles. The molecule has 2 unspecified atom stereocenters. The Kier molecular flexibility index (Phi) is 6.34. The number of alkyl halides is 6. The molecular weight excluding hydrogens is 462 g/mol. The number of hydrogen-bond acceptors (Lipinski definition) is 3. The zero-order valence-electron chi connectivity index (χ0n) is 19.1. The van der Waals surface area contributed by atoms with Gasteiger partial charge in [0.25, 0.3) is 5.60 Å². The fraction of sp³-hybridized carbons (Fsp3) is 0.760. The lowest BCUT2D eigenvalue weighted by atomic mass is 9.60. The van der Waals surface area contributed by atoms with Crippen LogP contribution >= 0.6 is 0 Å². The minimum Gasteiger partial charge on any atom is -0.393 e. The van der Waals surface area contributed by atoms with Gasteiger partial charge in [0.1, 0.15) is 0 Å². The number of fused-ring (bicyclic) bond motifs is 1. The molecule has 0 heterocycles. The molecule has 0 aliphatic heterocycles. The largest absolute Gasteiger partial charge is 0.426 e. The lowest BCUT2D eigenvalue weighted by Gasteiger charge is -2.45. The number of allylic oxidation sites excluding steroid dienone is 5.